The first-order chi connectivity index (χ1) is 13.9. The SMILES string of the molecule is CCN(CC(=O)O)C1CC(NC(=O)NCc2ccccc2-n2nc(C)cc2C)C1. The molecule has 3 rings (SSSR count). The zero-order chi connectivity index (χ0) is 21.0. The third-order valence-corrected chi connectivity index (χ3v) is 5.38. The number of aryl methyl sites for hydroxylation is 2. The lowest BCUT2D eigenvalue weighted by Gasteiger charge is -2.42. The molecule has 0 spiro atoms. The van der Waals surface area contributed by atoms with Crippen molar-refractivity contribution in [1.82, 2.24) is 25.3 Å². The van der Waals surface area contributed by atoms with Crippen LogP contribution >= 0.6 is 0 Å². The maximum Gasteiger partial charge on any atom is 0.317 e. The highest BCUT2D eigenvalue weighted by Gasteiger charge is 2.34. The summed E-state index contributed by atoms with van der Waals surface area (Å²) in [6.07, 6.45) is 1.55. The molecule has 1 heterocycles. The number of amides is 2. The molecule has 0 atom stereocenters. The Morgan fingerprint density at radius 2 is 2.00 bits per heavy atom. The number of benzene rings is 1. The zero-order valence-corrected chi connectivity index (χ0v) is 17.2. The number of nitrogens with zero attached hydrogens (tertiary/aromatic N) is 3. The summed E-state index contributed by atoms with van der Waals surface area (Å²) in [7, 11) is 0. The molecule has 8 heteroatoms. The van der Waals surface area contributed by atoms with Crippen molar-refractivity contribution in [1.29, 1.82) is 0 Å². The molecule has 0 unspecified atom stereocenters. The number of likely N-dealkylation sites (N-methyl/N-ethyl adjacent to an activating group) is 1. The fourth-order valence-corrected chi connectivity index (χ4v) is 3.83. The highest BCUT2D eigenvalue weighted by atomic mass is 16.4. The quantitative estimate of drug-likeness (QED) is 0.632. The first-order valence-electron chi connectivity index (χ1n) is 9.99. The molecule has 0 bridgehead atoms. The van der Waals surface area contributed by atoms with E-state index in [-0.39, 0.29) is 24.7 Å². The molecule has 2 aromatic rings. The lowest BCUT2D eigenvalue weighted by Crippen LogP contribution is -2.56. The first-order valence-corrected chi connectivity index (χ1v) is 9.99. The van der Waals surface area contributed by atoms with E-state index in [0.29, 0.717) is 13.1 Å². The molecule has 1 aliphatic rings. The summed E-state index contributed by atoms with van der Waals surface area (Å²) in [5, 5.41) is 19.4. The molecule has 1 aromatic heterocycles. The summed E-state index contributed by atoms with van der Waals surface area (Å²) >= 11 is 0. The van der Waals surface area contributed by atoms with Gasteiger partial charge >= 0.3 is 12.0 Å². The molecule has 1 aliphatic carbocycles. The van der Waals surface area contributed by atoms with Crippen LogP contribution in [-0.2, 0) is 11.3 Å². The van der Waals surface area contributed by atoms with Gasteiger partial charge in [0.05, 0.1) is 17.9 Å². The summed E-state index contributed by atoms with van der Waals surface area (Å²) in [6.45, 7) is 7.06. The third kappa shape index (κ3) is 5.14. The van der Waals surface area contributed by atoms with Gasteiger partial charge in [0.15, 0.2) is 0 Å². The number of urea groups is 1. The van der Waals surface area contributed by atoms with Gasteiger partial charge in [-0.25, -0.2) is 9.48 Å². The van der Waals surface area contributed by atoms with Gasteiger partial charge in [0.1, 0.15) is 0 Å². The molecule has 3 N–H and O–H groups in total. The smallest absolute Gasteiger partial charge is 0.317 e. The number of hydrogen-bond acceptors (Lipinski definition) is 4. The molecule has 0 aliphatic heterocycles. The Hall–Kier alpha value is -2.87. The van der Waals surface area contributed by atoms with Gasteiger partial charge in [0, 0.05) is 24.3 Å². The van der Waals surface area contributed by atoms with Gasteiger partial charge in [-0.3, -0.25) is 9.69 Å². The Morgan fingerprint density at radius 1 is 1.28 bits per heavy atom. The predicted molar refractivity (Wildman–Crippen MR) is 110 cm³/mol. The summed E-state index contributed by atoms with van der Waals surface area (Å²) in [5.74, 6) is -0.817. The van der Waals surface area contributed by atoms with Crippen LogP contribution in [0.3, 0.4) is 0 Å². The minimum atomic E-state index is -0.817. The van der Waals surface area contributed by atoms with Crippen molar-refractivity contribution in [3.63, 3.8) is 0 Å². The second-order valence-corrected chi connectivity index (χ2v) is 7.57. The molecule has 1 fully saturated rings. The van der Waals surface area contributed by atoms with Crippen LogP contribution in [0.2, 0.25) is 0 Å². The second kappa shape index (κ2) is 9.09. The molecule has 8 nitrogen and oxygen atoms in total. The number of aliphatic carboxylic acids is 1. The normalized spacial score (nSPS) is 18.3. The van der Waals surface area contributed by atoms with Crippen LogP contribution in [0.1, 0.15) is 36.7 Å². The Kier molecular flexibility index (Phi) is 6.53. The number of nitrogens with one attached hydrogen (secondary N) is 2. The van der Waals surface area contributed by atoms with Gasteiger partial charge in [-0.05, 0) is 50.9 Å². The van der Waals surface area contributed by atoms with Gasteiger partial charge in [0.2, 0.25) is 0 Å². The van der Waals surface area contributed by atoms with Gasteiger partial charge in [-0.15, -0.1) is 0 Å². The Bertz CT molecular complexity index is 873. The van der Waals surface area contributed by atoms with Crippen LogP contribution in [0.5, 0.6) is 0 Å². The second-order valence-electron chi connectivity index (χ2n) is 7.57. The summed E-state index contributed by atoms with van der Waals surface area (Å²) in [5.41, 5.74) is 3.93. The largest absolute Gasteiger partial charge is 0.480 e. The fourth-order valence-electron chi connectivity index (χ4n) is 3.83. The number of hydrogen-bond donors (Lipinski definition) is 3. The average molecular weight is 399 g/mol. The van der Waals surface area contributed by atoms with Crippen molar-refractivity contribution in [2.24, 2.45) is 0 Å². The van der Waals surface area contributed by atoms with E-state index in [9.17, 15) is 9.59 Å². The van der Waals surface area contributed by atoms with Crippen molar-refractivity contribution in [3.8, 4) is 5.69 Å². The molecule has 0 radical (unpaired) electrons. The number of rotatable bonds is 8. The highest BCUT2D eigenvalue weighted by molar-refractivity contribution is 5.74. The number of aromatic nitrogens is 2. The van der Waals surface area contributed by atoms with Gasteiger partial charge < -0.3 is 15.7 Å². The number of carbonyl (C=O) groups excluding carboxylic acids is 1. The van der Waals surface area contributed by atoms with Gasteiger partial charge in [0.25, 0.3) is 0 Å². The Balaban J connectivity index is 1.51. The van der Waals surface area contributed by atoms with Gasteiger partial charge in [-0.1, -0.05) is 25.1 Å². The number of carbonyl (C=O) groups is 2. The molecular formula is C21H29N5O3. The third-order valence-electron chi connectivity index (χ3n) is 5.38. The lowest BCUT2D eigenvalue weighted by atomic mass is 9.85. The highest BCUT2D eigenvalue weighted by Crippen LogP contribution is 2.25. The van der Waals surface area contributed by atoms with Crippen molar-refractivity contribution in [3.05, 3.63) is 47.3 Å². The van der Waals surface area contributed by atoms with Crippen molar-refractivity contribution < 1.29 is 14.7 Å². The van der Waals surface area contributed by atoms with Crippen LogP contribution in [0, 0.1) is 13.8 Å². The number of para-hydroxylation sites is 1. The van der Waals surface area contributed by atoms with Crippen LogP contribution < -0.4 is 10.6 Å². The molecule has 29 heavy (non-hydrogen) atoms. The summed E-state index contributed by atoms with van der Waals surface area (Å²) in [4.78, 5) is 25.2. The standard InChI is InChI=1S/C21H29N5O3/c1-4-25(13-20(27)28)18-10-17(11-18)23-21(29)22-12-16-7-5-6-8-19(16)26-15(3)9-14(2)24-26/h5-9,17-18H,4,10-13H2,1-3H3,(H,27,28)(H2,22,23,29). The summed E-state index contributed by atoms with van der Waals surface area (Å²) in [6, 6.07) is 9.99. The maximum absolute atomic E-state index is 12.3. The zero-order valence-electron chi connectivity index (χ0n) is 17.2. The average Bonchev–Trinajstić information content (AvgIpc) is 2.99. The van der Waals surface area contributed by atoms with Crippen molar-refractivity contribution >= 4 is 12.0 Å². The van der Waals surface area contributed by atoms with E-state index >= 15 is 0 Å². The molecular weight excluding hydrogens is 370 g/mol. The number of carboxylic acids is 1. The van der Waals surface area contributed by atoms with Crippen LogP contribution in [0.25, 0.3) is 5.69 Å². The minimum Gasteiger partial charge on any atom is -0.480 e. The van der Waals surface area contributed by atoms with E-state index in [2.05, 4.69) is 15.7 Å². The predicted octanol–water partition coefficient (Wildman–Crippen LogP) is 2.23. The van der Waals surface area contributed by atoms with Crippen LogP contribution in [0.4, 0.5) is 4.79 Å². The van der Waals surface area contributed by atoms with E-state index in [1.165, 1.54) is 0 Å². The van der Waals surface area contributed by atoms with E-state index in [1.54, 1.807) is 0 Å². The number of carboxylic acid groups (broad SMARTS) is 1. The van der Waals surface area contributed by atoms with Crippen molar-refractivity contribution in [2.45, 2.75) is 52.2 Å². The van der Waals surface area contributed by atoms with Crippen molar-refractivity contribution in [2.75, 3.05) is 13.1 Å². The van der Waals surface area contributed by atoms with Gasteiger partial charge in [-0.2, -0.15) is 5.10 Å². The molecule has 1 aromatic carbocycles. The molecule has 2 amide bonds. The van der Waals surface area contributed by atoms with Crippen LogP contribution in [0.15, 0.2) is 30.3 Å². The molecule has 0 saturated heterocycles. The fraction of sp³-hybridized carbons (Fsp3) is 0.476. The van der Waals surface area contributed by atoms with Crippen LogP contribution in [-0.4, -0.2) is 57.0 Å². The molecule has 156 valence electrons. The first kappa shape index (κ1) is 20.9. The van der Waals surface area contributed by atoms with E-state index in [4.69, 9.17) is 5.11 Å². The van der Waals surface area contributed by atoms with E-state index in [0.717, 1.165) is 35.5 Å². The minimum absolute atomic E-state index is 0.0448. The topological polar surface area (TPSA) is 99.5 Å². The molecule has 1 saturated carbocycles. The summed E-state index contributed by atoms with van der Waals surface area (Å²) < 4.78 is 1.89. The maximum atomic E-state index is 12.3. The Labute approximate surface area is 170 Å². The van der Waals surface area contributed by atoms with E-state index in [1.807, 2.05) is 60.7 Å². The Morgan fingerprint density at radius 3 is 2.62 bits per heavy atom. The van der Waals surface area contributed by atoms with E-state index < -0.39 is 5.97 Å². The monoisotopic (exact) mass is 399 g/mol. The lowest BCUT2D eigenvalue weighted by molar-refractivity contribution is -0.139.